The van der Waals surface area contributed by atoms with Crippen molar-refractivity contribution in [2.24, 2.45) is 0 Å². The zero-order valence-electron chi connectivity index (χ0n) is 16.3. The quantitative estimate of drug-likeness (QED) is 0.671. The van der Waals surface area contributed by atoms with E-state index in [-0.39, 0.29) is 10.8 Å². The number of hydrogen-bond acceptors (Lipinski definition) is 6. The van der Waals surface area contributed by atoms with Crippen LogP contribution in [-0.2, 0) is 10.0 Å². The maximum absolute atomic E-state index is 12.9. The largest absolute Gasteiger partial charge is 0.322 e. The van der Waals surface area contributed by atoms with Crippen LogP contribution in [0.3, 0.4) is 0 Å². The van der Waals surface area contributed by atoms with Crippen molar-refractivity contribution in [3.05, 3.63) is 60.4 Å². The van der Waals surface area contributed by atoms with E-state index in [2.05, 4.69) is 20.8 Å². The van der Waals surface area contributed by atoms with Crippen molar-refractivity contribution in [3.63, 3.8) is 0 Å². The summed E-state index contributed by atoms with van der Waals surface area (Å²) in [7, 11) is -3.51. The number of sulfonamides is 1. The standard InChI is InChI=1S/C20H22N6O3S/c27-20(16-6-5-7-18(14-16)26-15-21-23-24-26)22-17-8-10-19(11-9-17)30(28,29)25-12-3-1-2-4-13-25/h5-11,14-15H,1-4,12-13H2,(H,22,27). The van der Waals surface area contributed by atoms with E-state index < -0.39 is 10.0 Å². The van der Waals surface area contributed by atoms with E-state index in [0.717, 1.165) is 25.7 Å². The van der Waals surface area contributed by atoms with Crippen LogP contribution in [0.4, 0.5) is 5.69 Å². The molecule has 30 heavy (non-hydrogen) atoms. The van der Waals surface area contributed by atoms with Gasteiger partial charge in [0, 0.05) is 24.3 Å². The molecule has 0 atom stereocenters. The van der Waals surface area contributed by atoms with Gasteiger partial charge in [-0.1, -0.05) is 18.9 Å². The van der Waals surface area contributed by atoms with Gasteiger partial charge in [0.15, 0.2) is 0 Å². The number of hydrogen-bond donors (Lipinski definition) is 1. The van der Waals surface area contributed by atoms with Gasteiger partial charge in [0.25, 0.3) is 5.91 Å². The van der Waals surface area contributed by atoms with Crippen LogP contribution in [0.2, 0.25) is 0 Å². The molecule has 1 aliphatic heterocycles. The van der Waals surface area contributed by atoms with Gasteiger partial charge in [0.2, 0.25) is 10.0 Å². The smallest absolute Gasteiger partial charge is 0.255 e. The van der Waals surface area contributed by atoms with Gasteiger partial charge < -0.3 is 5.32 Å². The molecule has 3 aromatic rings. The number of anilines is 1. The van der Waals surface area contributed by atoms with Crippen molar-refractivity contribution in [3.8, 4) is 5.69 Å². The number of amides is 1. The van der Waals surface area contributed by atoms with E-state index in [1.807, 2.05) is 0 Å². The Balaban J connectivity index is 1.47. The van der Waals surface area contributed by atoms with Gasteiger partial charge in [-0.25, -0.2) is 13.1 Å². The average Bonchev–Trinajstić information content (AvgIpc) is 3.16. The summed E-state index contributed by atoms with van der Waals surface area (Å²) in [6.45, 7) is 1.11. The number of carbonyl (C=O) groups is 1. The van der Waals surface area contributed by atoms with Crippen LogP contribution >= 0.6 is 0 Å². The van der Waals surface area contributed by atoms with E-state index in [4.69, 9.17) is 0 Å². The Morgan fingerprint density at radius 3 is 2.37 bits per heavy atom. The van der Waals surface area contributed by atoms with Gasteiger partial charge in [-0.3, -0.25) is 4.79 Å². The Morgan fingerprint density at radius 1 is 0.967 bits per heavy atom. The molecule has 156 valence electrons. The second-order valence-corrected chi connectivity index (χ2v) is 9.04. The fourth-order valence-corrected chi connectivity index (χ4v) is 4.93. The van der Waals surface area contributed by atoms with Crippen LogP contribution < -0.4 is 5.32 Å². The number of tetrazole rings is 1. The first-order chi connectivity index (χ1) is 14.5. The van der Waals surface area contributed by atoms with Gasteiger partial charge in [-0.15, -0.1) is 5.10 Å². The highest BCUT2D eigenvalue weighted by Gasteiger charge is 2.25. The molecule has 1 aromatic heterocycles. The molecular formula is C20H22N6O3S. The van der Waals surface area contributed by atoms with Crippen LogP contribution in [0, 0.1) is 0 Å². The van der Waals surface area contributed by atoms with E-state index in [1.165, 1.54) is 23.1 Å². The second-order valence-electron chi connectivity index (χ2n) is 7.10. The topological polar surface area (TPSA) is 110 Å². The highest BCUT2D eigenvalue weighted by atomic mass is 32.2. The highest BCUT2D eigenvalue weighted by molar-refractivity contribution is 7.89. The maximum atomic E-state index is 12.9. The molecule has 0 aliphatic carbocycles. The lowest BCUT2D eigenvalue weighted by Gasteiger charge is -2.20. The Morgan fingerprint density at radius 2 is 1.70 bits per heavy atom. The molecule has 1 amide bonds. The number of nitrogens with zero attached hydrogens (tertiary/aromatic N) is 5. The zero-order valence-corrected chi connectivity index (χ0v) is 17.1. The maximum Gasteiger partial charge on any atom is 0.255 e. The van der Waals surface area contributed by atoms with E-state index in [0.29, 0.717) is 30.0 Å². The number of carbonyl (C=O) groups excluding carboxylic acids is 1. The summed E-state index contributed by atoms with van der Waals surface area (Å²) in [5.74, 6) is -0.312. The summed E-state index contributed by atoms with van der Waals surface area (Å²) < 4.78 is 28.7. The van der Waals surface area contributed by atoms with Crippen molar-refractivity contribution in [1.82, 2.24) is 24.5 Å². The first-order valence-electron chi connectivity index (χ1n) is 9.79. The zero-order chi connectivity index (χ0) is 21.0. The molecule has 0 radical (unpaired) electrons. The molecule has 2 aromatic carbocycles. The summed E-state index contributed by atoms with van der Waals surface area (Å²) in [5, 5.41) is 13.8. The first kappa shape index (κ1) is 20.2. The lowest BCUT2D eigenvalue weighted by molar-refractivity contribution is 0.102. The Kier molecular flexibility index (Phi) is 5.86. The third kappa shape index (κ3) is 4.39. The average molecular weight is 427 g/mol. The summed E-state index contributed by atoms with van der Waals surface area (Å²) in [6.07, 6.45) is 5.34. The van der Waals surface area contributed by atoms with Gasteiger partial charge in [-0.05, 0) is 65.7 Å². The minimum Gasteiger partial charge on any atom is -0.322 e. The SMILES string of the molecule is O=C(Nc1ccc(S(=O)(=O)N2CCCCCC2)cc1)c1cccc(-n2cnnn2)c1. The second kappa shape index (κ2) is 8.72. The molecular weight excluding hydrogens is 404 g/mol. The minimum atomic E-state index is -3.51. The fraction of sp³-hybridized carbons (Fsp3) is 0.300. The summed E-state index contributed by atoms with van der Waals surface area (Å²) in [4.78, 5) is 12.8. The first-order valence-corrected chi connectivity index (χ1v) is 11.2. The van der Waals surface area contributed by atoms with Crippen LogP contribution in [0.15, 0.2) is 59.8 Å². The summed E-state index contributed by atoms with van der Waals surface area (Å²) in [6, 6.07) is 13.2. The Hall–Kier alpha value is -3.11. The molecule has 1 fully saturated rings. The molecule has 2 heterocycles. The molecule has 0 spiro atoms. The van der Waals surface area contributed by atoms with Crippen LogP contribution in [-0.4, -0.2) is 51.9 Å². The van der Waals surface area contributed by atoms with Crippen molar-refractivity contribution in [2.75, 3.05) is 18.4 Å². The van der Waals surface area contributed by atoms with Gasteiger partial charge in [0.05, 0.1) is 10.6 Å². The third-order valence-corrected chi connectivity index (χ3v) is 6.95. The van der Waals surface area contributed by atoms with Crippen LogP contribution in [0.25, 0.3) is 5.69 Å². The van der Waals surface area contributed by atoms with Gasteiger partial charge in [-0.2, -0.15) is 4.31 Å². The molecule has 4 rings (SSSR count). The lowest BCUT2D eigenvalue weighted by atomic mass is 10.2. The molecule has 1 saturated heterocycles. The predicted octanol–water partition coefficient (Wildman–Crippen LogP) is 2.48. The fourth-order valence-electron chi connectivity index (χ4n) is 3.41. The molecule has 0 bridgehead atoms. The third-order valence-electron chi connectivity index (χ3n) is 5.04. The molecule has 0 unspecified atom stereocenters. The number of aromatic nitrogens is 4. The molecule has 1 N–H and O–H groups in total. The van der Waals surface area contributed by atoms with Crippen molar-refractivity contribution in [2.45, 2.75) is 30.6 Å². The highest BCUT2D eigenvalue weighted by Crippen LogP contribution is 2.22. The number of benzene rings is 2. The van der Waals surface area contributed by atoms with Crippen molar-refractivity contribution < 1.29 is 13.2 Å². The van der Waals surface area contributed by atoms with Gasteiger partial charge >= 0.3 is 0 Å². The molecule has 10 heteroatoms. The van der Waals surface area contributed by atoms with Crippen molar-refractivity contribution >= 4 is 21.6 Å². The summed E-state index contributed by atoms with van der Waals surface area (Å²) >= 11 is 0. The minimum absolute atomic E-state index is 0.239. The normalized spacial score (nSPS) is 15.5. The number of nitrogens with one attached hydrogen (secondary N) is 1. The molecule has 9 nitrogen and oxygen atoms in total. The van der Waals surface area contributed by atoms with Crippen molar-refractivity contribution in [1.29, 1.82) is 0 Å². The van der Waals surface area contributed by atoms with Crippen LogP contribution in [0.1, 0.15) is 36.0 Å². The van der Waals surface area contributed by atoms with E-state index >= 15 is 0 Å². The Bertz CT molecular complexity index is 1110. The van der Waals surface area contributed by atoms with E-state index in [9.17, 15) is 13.2 Å². The Labute approximate surface area is 174 Å². The van der Waals surface area contributed by atoms with Gasteiger partial charge in [0.1, 0.15) is 6.33 Å². The molecule has 0 saturated carbocycles. The van der Waals surface area contributed by atoms with Crippen LogP contribution in [0.5, 0.6) is 0 Å². The monoisotopic (exact) mass is 426 g/mol. The number of rotatable bonds is 5. The predicted molar refractivity (Wildman–Crippen MR) is 111 cm³/mol. The van der Waals surface area contributed by atoms with E-state index in [1.54, 1.807) is 40.7 Å². The lowest BCUT2D eigenvalue weighted by Crippen LogP contribution is -2.31. The summed E-state index contributed by atoms with van der Waals surface area (Å²) in [5.41, 5.74) is 1.61. The molecule has 1 aliphatic rings.